The van der Waals surface area contributed by atoms with Crippen molar-refractivity contribution < 1.29 is 0 Å². The standard InChI is InChI=1S/C7H7BrIN/c1-5-6(9)2-3-10-7(5)4-8/h2-3H,4H2,1H3. The van der Waals surface area contributed by atoms with Crippen LogP contribution in [-0.4, -0.2) is 4.98 Å². The fourth-order valence-electron chi connectivity index (χ4n) is 0.687. The summed E-state index contributed by atoms with van der Waals surface area (Å²) in [7, 11) is 0. The van der Waals surface area contributed by atoms with Gasteiger partial charge in [0.05, 0.1) is 5.69 Å². The third-order valence-electron chi connectivity index (χ3n) is 1.37. The normalized spacial score (nSPS) is 9.90. The lowest BCUT2D eigenvalue weighted by Crippen LogP contribution is -1.91. The van der Waals surface area contributed by atoms with Crippen LogP contribution >= 0.6 is 38.5 Å². The lowest BCUT2D eigenvalue weighted by Gasteiger charge is -2.01. The fourth-order valence-corrected chi connectivity index (χ4v) is 1.72. The minimum atomic E-state index is 0.843. The van der Waals surface area contributed by atoms with E-state index in [1.165, 1.54) is 9.13 Å². The molecule has 0 atom stereocenters. The molecule has 0 saturated carbocycles. The van der Waals surface area contributed by atoms with Crippen molar-refractivity contribution in [2.24, 2.45) is 0 Å². The summed E-state index contributed by atoms with van der Waals surface area (Å²) in [6.07, 6.45) is 1.84. The van der Waals surface area contributed by atoms with Crippen molar-refractivity contribution in [2.45, 2.75) is 12.3 Å². The molecular weight excluding hydrogens is 305 g/mol. The van der Waals surface area contributed by atoms with Gasteiger partial charge in [0.2, 0.25) is 0 Å². The Morgan fingerprint density at radius 2 is 2.40 bits per heavy atom. The average Bonchev–Trinajstić information content (AvgIpc) is 1.95. The van der Waals surface area contributed by atoms with E-state index in [9.17, 15) is 0 Å². The fraction of sp³-hybridized carbons (Fsp3) is 0.286. The Morgan fingerprint density at radius 1 is 1.70 bits per heavy atom. The second-order valence-electron chi connectivity index (χ2n) is 2.00. The van der Waals surface area contributed by atoms with Gasteiger partial charge in [-0.2, -0.15) is 0 Å². The van der Waals surface area contributed by atoms with E-state index in [0.29, 0.717) is 0 Å². The highest BCUT2D eigenvalue weighted by molar-refractivity contribution is 14.1. The zero-order valence-electron chi connectivity index (χ0n) is 5.56. The highest BCUT2D eigenvalue weighted by Crippen LogP contribution is 2.14. The molecule has 0 radical (unpaired) electrons. The molecule has 1 nitrogen and oxygen atoms in total. The van der Waals surface area contributed by atoms with Crippen LogP contribution in [0, 0.1) is 10.5 Å². The molecule has 0 amide bonds. The molecule has 0 saturated heterocycles. The first-order valence-corrected chi connectivity index (χ1v) is 5.11. The van der Waals surface area contributed by atoms with Crippen molar-refractivity contribution in [3.05, 3.63) is 27.1 Å². The predicted molar refractivity (Wildman–Crippen MR) is 54.3 cm³/mol. The van der Waals surface area contributed by atoms with Crippen LogP contribution in [0.4, 0.5) is 0 Å². The first-order chi connectivity index (χ1) is 4.75. The van der Waals surface area contributed by atoms with Gasteiger partial charge in [-0.3, -0.25) is 4.98 Å². The van der Waals surface area contributed by atoms with E-state index >= 15 is 0 Å². The first kappa shape index (κ1) is 8.46. The van der Waals surface area contributed by atoms with Crippen molar-refractivity contribution in [1.82, 2.24) is 4.98 Å². The number of hydrogen-bond acceptors (Lipinski definition) is 1. The summed E-state index contributed by atoms with van der Waals surface area (Å²) in [4.78, 5) is 4.21. The minimum absolute atomic E-state index is 0.843. The van der Waals surface area contributed by atoms with Gasteiger partial charge in [-0.1, -0.05) is 15.9 Å². The quantitative estimate of drug-likeness (QED) is 0.574. The second kappa shape index (κ2) is 3.67. The van der Waals surface area contributed by atoms with Crippen molar-refractivity contribution >= 4 is 38.5 Å². The number of rotatable bonds is 1. The first-order valence-electron chi connectivity index (χ1n) is 2.91. The van der Waals surface area contributed by atoms with E-state index in [2.05, 4.69) is 50.4 Å². The van der Waals surface area contributed by atoms with Crippen molar-refractivity contribution in [1.29, 1.82) is 0 Å². The van der Waals surface area contributed by atoms with E-state index in [1.54, 1.807) is 0 Å². The third kappa shape index (κ3) is 1.69. The molecule has 0 aliphatic carbocycles. The zero-order chi connectivity index (χ0) is 7.56. The Bertz CT molecular complexity index is 237. The molecule has 0 fully saturated rings. The SMILES string of the molecule is Cc1c(I)ccnc1CBr. The van der Waals surface area contributed by atoms with Crippen LogP contribution in [0.2, 0.25) is 0 Å². The summed E-state index contributed by atoms with van der Waals surface area (Å²) < 4.78 is 1.28. The maximum Gasteiger partial charge on any atom is 0.0548 e. The Kier molecular flexibility index (Phi) is 3.10. The molecule has 0 unspecified atom stereocenters. The van der Waals surface area contributed by atoms with E-state index in [0.717, 1.165) is 11.0 Å². The molecular formula is C7H7BrIN. The van der Waals surface area contributed by atoms with Crippen LogP contribution in [0.5, 0.6) is 0 Å². The molecule has 0 aliphatic heterocycles. The maximum absolute atomic E-state index is 4.21. The molecule has 10 heavy (non-hydrogen) atoms. The van der Waals surface area contributed by atoms with Gasteiger partial charge in [0.1, 0.15) is 0 Å². The van der Waals surface area contributed by atoms with Gasteiger partial charge in [0.25, 0.3) is 0 Å². The van der Waals surface area contributed by atoms with Crippen LogP contribution in [0.25, 0.3) is 0 Å². The van der Waals surface area contributed by atoms with Crippen LogP contribution in [0.3, 0.4) is 0 Å². The van der Waals surface area contributed by atoms with Crippen LogP contribution in [-0.2, 0) is 5.33 Å². The Morgan fingerprint density at radius 3 is 2.90 bits per heavy atom. The molecule has 1 aromatic heterocycles. The predicted octanol–water partition coefficient (Wildman–Crippen LogP) is 2.89. The Labute approximate surface area is 82.5 Å². The van der Waals surface area contributed by atoms with Crippen molar-refractivity contribution in [3.63, 3.8) is 0 Å². The van der Waals surface area contributed by atoms with Crippen LogP contribution in [0.1, 0.15) is 11.3 Å². The molecule has 54 valence electrons. The van der Waals surface area contributed by atoms with E-state index in [-0.39, 0.29) is 0 Å². The molecule has 1 aromatic rings. The summed E-state index contributed by atoms with van der Waals surface area (Å²) in [5, 5.41) is 0.843. The highest BCUT2D eigenvalue weighted by Gasteiger charge is 1.99. The number of halogens is 2. The number of hydrogen-bond donors (Lipinski definition) is 0. The summed E-state index contributed by atoms with van der Waals surface area (Å²) in [5.74, 6) is 0. The number of alkyl halides is 1. The number of aromatic nitrogens is 1. The third-order valence-corrected chi connectivity index (χ3v) is 3.07. The summed E-state index contributed by atoms with van der Waals surface area (Å²) >= 11 is 5.69. The summed E-state index contributed by atoms with van der Waals surface area (Å²) in [5.41, 5.74) is 2.41. The van der Waals surface area contributed by atoms with Crippen LogP contribution < -0.4 is 0 Å². The van der Waals surface area contributed by atoms with E-state index in [4.69, 9.17) is 0 Å². The van der Waals surface area contributed by atoms with E-state index < -0.39 is 0 Å². The van der Waals surface area contributed by atoms with Crippen LogP contribution in [0.15, 0.2) is 12.3 Å². The summed E-state index contributed by atoms with van der Waals surface area (Å²) in [6, 6.07) is 2.02. The molecule has 0 aromatic carbocycles. The monoisotopic (exact) mass is 311 g/mol. The molecule has 0 aliphatic rings. The average molecular weight is 312 g/mol. The lowest BCUT2D eigenvalue weighted by molar-refractivity contribution is 1.12. The highest BCUT2D eigenvalue weighted by atomic mass is 127. The smallest absolute Gasteiger partial charge is 0.0548 e. The second-order valence-corrected chi connectivity index (χ2v) is 3.72. The molecule has 0 bridgehead atoms. The van der Waals surface area contributed by atoms with Gasteiger partial charge in [0.15, 0.2) is 0 Å². The van der Waals surface area contributed by atoms with Crippen molar-refractivity contribution in [3.8, 4) is 0 Å². The van der Waals surface area contributed by atoms with Gasteiger partial charge in [-0.25, -0.2) is 0 Å². The van der Waals surface area contributed by atoms with Crippen molar-refractivity contribution in [2.75, 3.05) is 0 Å². The van der Waals surface area contributed by atoms with Gasteiger partial charge in [-0.15, -0.1) is 0 Å². The van der Waals surface area contributed by atoms with Gasteiger partial charge in [-0.05, 0) is 41.1 Å². The number of nitrogens with zero attached hydrogens (tertiary/aromatic N) is 1. The largest absolute Gasteiger partial charge is 0.260 e. The van der Waals surface area contributed by atoms with Gasteiger partial charge in [0, 0.05) is 15.1 Å². The molecule has 0 N–H and O–H groups in total. The summed E-state index contributed by atoms with van der Waals surface area (Å²) in [6.45, 7) is 2.09. The molecule has 0 spiro atoms. The number of pyridine rings is 1. The topological polar surface area (TPSA) is 12.9 Å². The zero-order valence-corrected chi connectivity index (χ0v) is 9.31. The maximum atomic E-state index is 4.21. The minimum Gasteiger partial charge on any atom is -0.260 e. The molecule has 1 rings (SSSR count). The molecule has 1 heterocycles. The Balaban J connectivity index is 3.14. The molecule has 3 heteroatoms. The lowest BCUT2D eigenvalue weighted by atomic mass is 10.2. The van der Waals surface area contributed by atoms with Gasteiger partial charge < -0.3 is 0 Å². The van der Waals surface area contributed by atoms with E-state index in [1.807, 2.05) is 12.3 Å². The Hall–Kier alpha value is 0.360. The van der Waals surface area contributed by atoms with Gasteiger partial charge >= 0.3 is 0 Å².